The van der Waals surface area contributed by atoms with Gasteiger partial charge in [0.05, 0.1) is 5.69 Å². The number of carbonyl (C=O) groups excluding carboxylic acids is 2. The second-order valence-electron chi connectivity index (χ2n) is 6.18. The number of carbonyl (C=O) groups is 2. The van der Waals surface area contributed by atoms with Gasteiger partial charge >= 0.3 is 5.97 Å². The largest absolute Gasteiger partial charge is 0.452 e. The standard InChI is InChI=1S/C20H22N2O4/c1-3-17-19(14(2)26-21-17)20(24)25-13-18(23)22-11-9-16(10-12-22)15-7-5-4-6-8-15/h4-9H,3,10-13H2,1-2H3. The van der Waals surface area contributed by atoms with Crippen molar-refractivity contribution in [3.63, 3.8) is 0 Å². The zero-order chi connectivity index (χ0) is 18.5. The van der Waals surface area contributed by atoms with E-state index in [1.165, 1.54) is 11.1 Å². The highest BCUT2D eigenvalue weighted by Crippen LogP contribution is 2.22. The first-order valence-corrected chi connectivity index (χ1v) is 8.74. The highest BCUT2D eigenvalue weighted by atomic mass is 16.5. The molecule has 1 aliphatic heterocycles. The summed E-state index contributed by atoms with van der Waals surface area (Å²) in [5, 5.41) is 3.83. The Balaban J connectivity index is 1.55. The van der Waals surface area contributed by atoms with Crippen molar-refractivity contribution in [2.75, 3.05) is 19.7 Å². The van der Waals surface area contributed by atoms with Crippen molar-refractivity contribution in [1.82, 2.24) is 10.1 Å². The molecular weight excluding hydrogens is 332 g/mol. The fourth-order valence-corrected chi connectivity index (χ4v) is 3.02. The predicted molar refractivity (Wildman–Crippen MR) is 96.5 cm³/mol. The Kier molecular flexibility index (Phi) is 5.51. The summed E-state index contributed by atoms with van der Waals surface area (Å²) >= 11 is 0. The van der Waals surface area contributed by atoms with Crippen LogP contribution in [0.4, 0.5) is 0 Å². The van der Waals surface area contributed by atoms with E-state index in [1.54, 1.807) is 11.8 Å². The Morgan fingerprint density at radius 1 is 1.27 bits per heavy atom. The number of ether oxygens (including phenoxy) is 1. The molecule has 0 atom stereocenters. The maximum atomic E-state index is 12.3. The van der Waals surface area contributed by atoms with E-state index in [1.807, 2.05) is 25.1 Å². The highest BCUT2D eigenvalue weighted by molar-refractivity contribution is 5.93. The molecule has 0 bridgehead atoms. The lowest BCUT2D eigenvalue weighted by Crippen LogP contribution is -2.37. The van der Waals surface area contributed by atoms with Gasteiger partial charge < -0.3 is 14.2 Å². The van der Waals surface area contributed by atoms with Crippen molar-refractivity contribution in [2.45, 2.75) is 26.7 Å². The molecule has 136 valence electrons. The van der Waals surface area contributed by atoms with Crippen LogP contribution in [-0.4, -0.2) is 41.6 Å². The molecule has 6 nitrogen and oxygen atoms in total. The van der Waals surface area contributed by atoms with Crippen LogP contribution in [0, 0.1) is 6.92 Å². The van der Waals surface area contributed by atoms with Crippen LogP contribution < -0.4 is 0 Å². The average molecular weight is 354 g/mol. The molecule has 0 unspecified atom stereocenters. The zero-order valence-electron chi connectivity index (χ0n) is 15.0. The van der Waals surface area contributed by atoms with Crippen LogP contribution in [0.15, 0.2) is 40.9 Å². The van der Waals surface area contributed by atoms with E-state index in [-0.39, 0.29) is 12.5 Å². The summed E-state index contributed by atoms with van der Waals surface area (Å²) in [7, 11) is 0. The van der Waals surface area contributed by atoms with Crippen molar-refractivity contribution in [1.29, 1.82) is 0 Å². The number of hydrogen-bond donors (Lipinski definition) is 0. The maximum Gasteiger partial charge on any atom is 0.344 e. The van der Waals surface area contributed by atoms with Gasteiger partial charge in [-0.3, -0.25) is 4.79 Å². The first-order chi connectivity index (χ1) is 12.6. The number of nitrogens with zero attached hydrogens (tertiary/aromatic N) is 2. The third kappa shape index (κ3) is 3.85. The molecule has 6 heteroatoms. The van der Waals surface area contributed by atoms with Gasteiger partial charge in [0.15, 0.2) is 6.61 Å². The first-order valence-electron chi connectivity index (χ1n) is 8.74. The molecule has 1 aliphatic rings. The van der Waals surface area contributed by atoms with Crippen molar-refractivity contribution in [3.8, 4) is 0 Å². The number of aryl methyl sites for hydroxylation is 2. The predicted octanol–water partition coefficient (Wildman–Crippen LogP) is 3.02. The molecule has 0 radical (unpaired) electrons. The maximum absolute atomic E-state index is 12.3. The van der Waals surface area contributed by atoms with Crippen LogP contribution >= 0.6 is 0 Å². The molecule has 26 heavy (non-hydrogen) atoms. The van der Waals surface area contributed by atoms with Gasteiger partial charge in [0.2, 0.25) is 0 Å². The summed E-state index contributed by atoms with van der Waals surface area (Å²) in [5.41, 5.74) is 3.29. The van der Waals surface area contributed by atoms with Crippen LogP contribution in [0.5, 0.6) is 0 Å². The summed E-state index contributed by atoms with van der Waals surface area (Å²) in [6.45, 7) is 4.40. The molecule has 2 aromatic rings. The second-order valence-corrected chi connectivity index (χ2v) is 6.18. The van der Waals surface area contributed by atoms with E-state index >= 15 is 0 Å². The number of aromatic nitrogens is 1. The van der Waals surface area contributed by atoms with Gasteiger partial charge in [-0.1, -0.05) is 48.5 Å². The van der Waals surface area contributed by atoms with Gasteiger partial charge in [0.1, 0.15) is 11.3 Å². The Morgan fingerprint density at radius 2 is 2.04 bits per heavy atom. The molecule has 2 heterocycles. The minimum Gasteiger partial charge on any atom is -0.452 e. The van der Waals surface area contributed by atoms with E-state index in [0.717, 1.165) is 6.42 Å². The molecule has 0 spiro atoms. The van der Waals surface area contributed by atoms with E-state index in [9.17, 15) is 9.59 Å². The smallest absolute Gasteiger partial charge is 0.344 e. The first kappa shape index (κ1) is 17.9. The second kappa shape index (κ2) is 7.99. The lowest BCUT2D eigenvalue weighted by molar-refractivity contribution is -0.134. The molecule has 0 fully saturated rings. The molecule has 1 aromatic carbocycles. The third-order valence-corrected chi connectivity index (χ3v) is 4.51. The summed E-state index contributed by atoms with van der Waals surface area (Å²) in [4.78, 5) is 26.3. The van der Waals surface area contributed by atoms with E-state index in [4.69, 9.17) is 9.26 Å². The molecular formula is C20H22N2O4. The van der Waals surface area contributed by atoms with Gasteiger partial charge in [0, 0.05) is 13.1 Å². The van der Waals surface area contributed by atoms with Crippen LogP contribution in [0.25, 0.3) is 5.57 Å². The Bertz CT molecular complexity index is 824. The van der Waals surface area contributed by atoms with Crippen molar-refractivity contribution in [3.05, 3.63) is 59.0 Å². The van der Waals surface area contributed by atoms with Crippen LogP contribution in [-0.2, 0) is 16.0 Å². The number of amides is 1. The fourth-order valence-electron chi connectivity index (χ4n) is 3.02. The number of benzene rings is 1. The van der Waals surface area contributed by atoms with Crippen LogP contribution in [0.2, 0.25) is 0 Å². The Labute approximate surface area is 152 Å². The van der Waals surface area contributed by atoms with Gasteiger partial charge in [-0.15, -0.1) is 0 Å². The SMILES string of the molecule is CCc1noc(C)c1C(=O)OCC(=O)N1CC=C(c2ccccc2)CC1. The quantitative estimate of drug-likeness (QED) is 0.772. The lowest BCUT2D eigenvalue weighted by Gasteiger charge is -2.26. The third-order valence-electron chi connectivity index (χ3n) is 4.51. The summed E-state index contributed by atoms with van der Waals surface area (Å²) < 4.78 is 10.2. The molecule has 3 rings (SSSR count). The summed E-state index contributed by atoms with van der Waals surface area (Å²) in [6, 6.07) is 10.1. The van der Waals surface area contributed by atoms with E-state index in [2.05, 4.69) is 23.4 Å². The molecule has 1 aromatic heterocycles. The topological polar surface area (TPSA) is 72.6 Å². The number of hydrogen-bond acceptors (Lipinski definition) is 5. The number of rotatable bonds is 5. The number of esters is 1. The average Bonchev–Trinajstić information content (AvgIpc) is 3.07. The monoisotopic (exact) mass is 354 g/mol. The zero-order valence-corrected chi connectivity index (χ0v) is 15.0. The molecule has 0 N–H and O–H groups in total. The lowest BCUT2D eigenvalue weighted by atomic mass is 10.00. The van der Waals surface area contributed by atoms with E-state index in [0.29, 0.717) is 36.5 Å². The van der Waals surface area contributed by atoms with Gasteiger partial charge in [-0.05, 0) is 30.9 Å². The normalized spacial score (nSPS) is 14.1. The van der Waals surface area contributed by atoms with Gasteiger partial charge in [0.25, 0.3) is 5.91 Å². The van der Waals surface area contributed by atoms with Crippen molar-refractivity contribution < 1.29 is 18.8 Å². The van der Waals surface area contributed by atoms with Gasteiger partial charge in [-0.2, -0.15) is 0 Å². The minimum absolute atomic E-state index is 0.200. The van der Waals surface area contributed by atoms with Crippen LogP contribution in [0.1, 0.15) is 40.7 Å². The van der Waals surface area contributed by atoms with Crippen LogP contribution in [0.3, 0.4) is 0 Å². The summed E-state index contributed by atoms with van der Waals surface area (Å²) in [6.07, 6.45) is 3.40. The minimum atomic E-state index is -0.563. The van der Waals surface area contributed by atoms with Crippen molar-refractivity contribution >= 4 is 17.4 Å². The van der Waals surface area contributed by atoms with E-state index < -0.39 is 5.97 Å². The molecule has 0 saturated carbocycles. The molecule has 0 saturated heterocycles. The fraction of sp³-hybridized carbons (Fsp3) is 0.350. The Hall–Kier alpha value is -2.89. The van der Waals surface area contributed by atoms with Crippen molar-refractivity contribution in [2.24, 2.45) is 0 Å². The summed E-state index contributed by atoms with van der Waals surface area (Å²) in [5.74, 6) is -0.354. The Morgan fingerprint density at radius 3 is 2.69 bits per heavy atom. The molecule has 0 aliphatic carbocycles. The highest BCUT2D eigenvalue weighted by Gasteiger charge is 2.23. The van der Waals surface area contributed by atoms with Gasteiger partial charge in [-0.25, -0.2) is 4.79 Å². The molecule has 1 amide bonds.